The molecular weight excluding hydrogens is 236 g/mol. The van der Waals surface area contributed by atoms with Crippen LogP contribution < -0.4 is 5.32 Å². The smallest absolute Gasteiger partial charge is 0.169 e. The molecule has 17 heavy (non-hydrogen) atoms. The van der Waals surface area contributed by atoms with Gasteiger partial charge in [0.25, 0.3) is 0 Å². The summed E-state index contributed by atoms with van der Waals surface area (Å²) in [6.07, 6.45) is 3.15. The van der Waals surface area contributed by atoms with Crippen LogP contribution in [0.5, 0.6) is 0 Å². The third-order valence-electron chi connectivity index (χ3n) is 3.21. The Morgan fingerprint density at radius 1 is 1.35 bits per heavy atom. The van der Waals surface area contributed by atoms with E-state index < -0.39 is 0 Å². The molecule has 0 bridgehead atoms. The summed E-state index contributed by atoms with van der Waals surface area (Å²) in [4.78, 5) is 2.20. The molecule has 1 N–H and O–H groups in total. The molecule has 2 rings (SSSR count). The molecule has 0 amide bonds. The lowest BCUT2D eigenvalue weighted by Gasteiger charge is -2.37. The highest BCUT2D eigenvalue weighted by molar-refractivity contribution is 7.80. The zero-order valence-electron chi connectivity index (χ0n) is 10.6. The number of hydrogen-bond donors (Lipinski definition) is 1. The summed E-state index contributed by atoms with van der Waals surface area (Å²) in [7, 11) is 0. The number of hydrogen-bond acceptors (Lipinski definition) is 3. The third-order valence-corrected chi connectivity index (χ3v) is 3.61. The predicted octanol–water partition coefficient (Wildman–Crippen LogP) is 1.15. The van der Waals surface area contributed by atoms with Gasteiger partial charge in [-0.25, -0.2) is 0 Å². The molecule has 2 aliphatic heterocycles. The van der Waals surface area contributed by atoms with Gasteiger partial charge in [0.1, 0.15) is 0 Å². The van der Waals surface area contributed by atoms with Gasteiger partial charge < -0.3 is 19.7 Å². The van der Waals surface area contributed by atoms with Crippen molar-refractivity contribution in [2.45, 2.75) is 45.0 Å². The van der Waals surface area contributed by atoms with Crippen molar-refractivity contribution in [3.63, 3.8) is 0 Å². The normalized spacial score (nSPS) is 33.8. The van der Waals surface area contributed by atoms with Gasteiger partial charge in [-0.05, 0) is 38.9 Å². The highest BCUT2D eigenvalue weighted by Crippen LogP contribution is 2.12. The number of ether oxygens (including phenoxy) is 2. The lowest BCUT2D eigenvalue weighted by atomic mass is 10.2. The molecule has 0 radical (unpaired) electrons. The van der Waals surface area contributed by atoms with Gasteiger partial charge >= 0.3 is 0 Å². The van der Waals surface area contributed by atoms with Crippen molar-refractivity contribution >= 4 is 17.3 Å². The lowest BCUT2D eigenvalue weighted by molar-refractivity contribution is -0.0483. The standard InChI is InChI=1S/C12H22N2O2S/c1-9-7-14(8-10(2)16-9)12(17)13-6-11-4-3-5-15-11/h9-11H,3-8H2,1-2H3,(H,13,17)/t9-,10+,11-/m1/s1. The zero-order valence-corrected chi connectivity index (χ0v) is 11.5. The number of rotatable bonds is 2. The van der Waals surface area contributed by atoms with Gasteiger partial charge in [-0.3, -0.25) is 0 Å². The molecule has 0 aromatic heterocycles. The van der Waals surface area contributed by atoms with E-state index in [9.17, 15) is 0 Å². The molecule has 0 spiro atoms. The molecule has 2 heterocycles. The molecule has 4 nitrogen and oxygen atoms in total. The highest BCUT2D eigenvalue weighted by Gasteiger charge is 2.24. The fraction of sp³-hybridized carbons (Fsp3) is 0.917. The maximum absolute atomic E-state index is 5.69. The van der Waals surface area contributed by atoms with Gasteiger partial charge in [-0.2, -0.15) is 0 Å². The van der Waals surface area contributed by atoms with E-state index in [-0.39, 0.29) is 12.2 Å². The van der Waals surface area contributed by atoms with Gasteiger partial charge in [0.15, 0.2) is 5.11 Å². The Bertz CT molecular complexity index is 259. The second kappa shape index (κ2) is 5.98. The minimum absolute atomic E-state index is 0.251. The number of nitrogens with zero attached hydrogens (tertiary/aromatic N) is 1. The minimum atomic E-state index is 0.251. The maximum Gasteiger partial charge on any atom is 0.169 e. The van der Waals surface area contributed by atoms with E-state index in [1.807, 2.05) is 0 Å². The highest BCUT2D eigenvalue weighted by atomic mass is 32.1. The Morgan fingerprint density at radius 3 is 2.65 bits per heavy atom. The molecule has 98 valence electrons. The van der Waals surface area contributed by atoms with Crippen LogP contribution >= 0.6 is 12.2 Å². The van der Waals surface area contributed by atoms with E-state index in [1.54, 1.807) is 0 Å². The summed E-state index contributed by atoms with van der Waals surface area (Å²) in [5.41, 5.74) is 0. The van der Waals surface area contributed by atoms with Crippen LogP contribution in [0.15, 0.2) is 0 Å². The Kier molecular flexibility index (Phi) is 4.59. The molecule has 3 atom stereocenters. The molecule has 0 unspecified atom stereocenters. The Hall–Kier alpha value is -0.390. The molecule has 0 aliphatic carbocycles. The first kappa shape index (κ1) is 13.1. The van der Waals surface area contributed by atoms with Gasteiger partial charge in [0, 0.05) is 26.2 Å². The molecule has 2 aliphatic rings. The summed E-state index contributed by atoms with van der Waals surface area (Å²) in [6.45, 7) is 7.66. The van der Waals surface area contributed by atoms with E-state index in [0.717, 1.165) is 37.8 Å². The van der Waals surface area contributed by atoms with Crippen molar-refractivity contribution in [3.05, 3.63) is 0 Å². The SMILES string of the molecule is C[C@@H]1CN(C(=S)NC[C@H]2CCCO2)C[C@H](C)O1. The quantitative estimate of drug-likeness (QED) is 0.752. The Labute approximate surface area is 109 Å². The number of morpholine rings is 1. The van der Waals surface area contributed by atoms with Crippen LogP contribution in [0.2, 0.25) is 0 Å². The minimum Gasteiger partial charge on any atom is -0.376 e. The molecule has 0 saturated carbocycles. The average Bonchev–Trinajstić information content (AvgIpc) is 2.77. The molecule has 2 fully saturated rings. The van der Waals surface area contributed by atoms with E-state index in [4.69, 9.17) is 21.7 Å². The van der Waals surface area contributed by atoms with E-state index in [1.165, 1.54) is 6.42 Å². The largest absolute Gasteiger partial charge is 0.376 e. The Morgan fingerprint density at radius 2 is 2.06 bits per heavy atom. The van der Waals surface area contributed by atoms with Crippen molar-refractivity contribution in [1.82, 2.24) is 10.2 Å². The third kappa shape index (κ3) is 3.79. The monoisotopic (exact) mass is 258 g/mol. The van der Waals surface area contributed by atoms with Crippen molar-refractivity contribution < 1.29 is 9.47 Å². The topological polar surface area (TPSA) is 33.7 Å². The first-order valence-electron chi connectivity index (χ1n) is 6.45. The summed E-state index contributed by atoms with van der Waals surface area (Å²) < 4.78 is 11.3. The number of thiocarbonyl (C=S) groups is 1. The fourth-order valence-corrected chi connectivity index (χ4v) is 2.69. The first-order valence-corrected chi connectivity index (χ1v) is 6.86. The van der Waals surface area contributed by atoms with Gasteiger partial charge in [0.05, 0.1) is 18.3 Å². The second-order valence-corrected chi connectivity index (χ2v) is 5.37. The summed E-state index contributed by atoms with van der Waals surface area (Å²) >= 11 is 5.42. The lowest BCUT2D eigenvalue weighted by Crippen LogP contribution is -2.52. The summed E-state index contributed by atoms with van der Waals surface area (Å²) in [6, 6.07) is 0. The molecule has 0 aromatic rings. The van der Waals surface area contributed by atoms with Crippen LogP contribution in [0.25, 0.3) is 0 Å². The van der Waals surface area contributed by atoms with E-state index in [2.05, 4.69) is 24.1 Å². The van der Waals surface area contributed by atoms with Crippen LogP contribution in [-0.4, -0.2) is 54.6 Å². The maximum atomic E-state index is 5.69. The van der Waals surface area contributed by atoms with E-state index in [0.29, 0.717) is 6.10 Å². The molecule has 5 heteroatoms. The van der Waals surface area contributed by atoms with Crippen LogP contribution in [0.3, 0.4) is 0 Å². The zero-order chi connectivity index (χ0) is 12.3. The molecular formula is C12H22N2O2S. The molecule has 0 aromatic carbocycles. The van der Waals surface area contributed by atoms with E-state index >= 15 is 0 Å². The van der Waals surface area contributed by atoms with Crippen molar-refractivity contribution in [3.8, 4) is 0 Å². The van der Waals surface area contributed by atoms with Crippen LogP contribution in [-0.2, 0) is 9.47 Å². The van der Waals surface area contributed by atoms with Crippen LogP contribution in [0.1, 0.15) is 26.7 Å². The average molecular weight is 258 g/mol. The second-order valence-electron chi connectivity index (χ2n) is 4.98. The van der Waals surface area contributed by atoms with Crippen molar-refractivity contribution in [2.75, 3.05) is 26.2 Å². The van der Waals surface area contributed by atoms with Crippen molar-refractivity contribution in [2.24, 2.45) is 0 Å². The number of nitrogens with one attached hydrogen (secondary N) is 1. The Balaban J connectivity index is 1.74. The van der Waals surface area contributed by atoms with Gasteiger partial charge in [-0.15, -0.1) is 0 Å². The molecule has 2 saturated heterocycles. The van der Waals surface area contributed by atoms with Gasteiger partial charge in [0.2, 0.25) is 0 Å². The predicted molar refractivity (Wildman–Crippen MR) is 71.2 cm³/mol. The first-order chi connectivity index (χ1) is 8.15. The van der Waals surface area contributed by atoms with Crippen LogP contribution in [0, 0.1) is 0 Å². The van der Waals surface area contributed by atoms with Crippen molar-refractivity contribution in [1.29, 1.82) is 0 Å². The summed E-state index contributed by atoms with van der Waals surface area (Å²) in [5.74, 6) is 0. The van der Waals surface area contributed by atoms with Crippen LogP contribution in [0.4, 0.5) is 0 Å². The van der Waals surface area contributed by atoms with Gasteiger partial charge in [-0.1, -0.05) is 0 Å². The fourth-order valence-electron chi connectivity index (χ4n) is 2.46. The summed E-state index contributed by atoms with van der Waals surface area (Å²) in [5, 5.41) is 4.15.